The van der Waals surface area contributed by atoms with Gasteiger partial charge in [0, 0.05) is 13.2 Å². The van der Waals surface area contributed by atoms with Crippen LogP contribution in [0.2, 0.25) is 0 Å². The number of hydrogen-bond donors (Lipinski definition) is 3. The van der Waals surface area contributed by atoms with Gasteiger partial charge in [-0.15, -0.1) is 0 Å². The predicted molar refractivity (Wildman–Crippen MR) is 129 cm³/mol. The quantitative estimate of drug-likeness (QED) is 0.131. The van der Waals surface area contributed by atoms with Crippen molar-refractivity contribution in [2.24, 2.45) is 11.8 Å². The van der Waals surface area contributed by atoms with Crippen LogP contribution in [0.25, 0.3) is 0 Å². The van der Waals surface area contributed by atoms with E-state index in [9.17, 15) is 0 Å². The summed E-state index contributed by atoms with van der Waals surface area (Å²) in [6.07, 6.45) is 22.0. The Kier molecular flexibility index (Phi) is 25.5. The van der Waals surface area contributed by atoms with Gasteiger partial charge in [0.15, 0.2) is 0 Å². The molecule has 3 N–H and O–H groups in total. The van der Waals surface area contributed by atoms with Crippen LogP contribution in [0.15, 0.2) is 0 Å². The third-order valence-electron chi connectivity index (χ3n) is 5.57. The van der Waals surface area contributed by atoms with E-state index in [0.29, 0.717) is 0 Å². The second-order valence-corrected chi connectivity index (χ2v) is 9.79. The number of unbranched alkanes of at least 4 members (excludes halogenated alkanes) is 8. The lowest BCUT2D eigenvalue weighted by Gasteiger charge is -2.21. The third-order valence-corrected chi connectivity index (χ3v) is 5.57. The lowest BCUT2D eigenvalue weighted by atomic mass is 9.95. The molecule has 0 aromatic heterocycles. The average molecular weight is 453 g/mol. The number of hydrogen-bond acceptors (Lipinski definition) is 2. The monoisotopic (exact) mass is 452 g/mol. The maximum absolute atomic E-state index is 8.88. The van der Waals surface area contributed by atoms with Crippen LogP contribution in [0, 0.1) is 11.8 Å². The Morgan fingerprint density at radius 2 is 0.867 bits per heavy atom. The van der Waals surface area contributed by atoms with Gasteiger partial charge in [-0.2, -0.15) is 0 Å². The zero-order valence-corrected chi connectivity index (χ0v) is 21.4. The molecule has 0 saturated carbocycles. The topological polar surface area (TPSA) is 87.0 Å². The van der Waals surface area contributed by atoms with E-state index >= 15 is 0 Å². The normalized spacial score (nSPS) is 13.6. The molecular formula is C24H53O5P. The van der Waals surface area contributed by atoms with Crippen LogP contribution in [0.4, 0.5) is 0 Å². The van der Waals surface area contributed by atoms with Crippen LogP contribution in [0.1, 0.15) is 130 Å². The van der Waals surface area contributed by atoms with E-state index in [1.165, 1.54) is 103 Å². The fourth-order valence-electron chi connectivity index (χ4n) is 3.73. The minimum absolute atomic E-state index is 0.809. The Hall–Kier alpha value is 0.0700. The Balaban J connectivity index is 0. The molecule has 0 aliphatic carbocycles. The van der Waals surface area contributed by atoms with Gasteiger partial charge in [-0.25, -0.2) is 4.57 Å². The SMILES string of the molecule is CCCCCCC(CCCC)COCC(CCCC)CCCCCC.O=P(O)(O)O. The molecule has 0 aliphatic heterocycles. The molecule has 0 saturated heterocycles. The maximum Gasteiger partial charge on any atom is 0.466 e. The van der Waals surface area contributed by atoms with Crippen molar-refractivity contribution in [3.8, 4) is 0 Å². The molecule has 0 bridgehead atoms. The Morgan fingerprint density at radius 1 is 0.567 bits per heavy atom. The van der Waals surface area contributed by atoms with Crippen LogP contribution < -0.4 is 0 Å². The van der Waals surface area contributed by atoms with E-state index in [-0.39, 0.29) is 0 Å². The van der Waals surface area contributed by atoms with Crippen molar-refractivity contribution >= 4 is 7.82 Å². The third kappa shape index (κ3) is 30.3. The van der Waals surface area contributed by atoms with Crippen molar-refractivity contribution in [3.05, 3.63) is 0 Å². The molecule has 0 rings (SSSR count). The summed E-state index contributed by atoms with van der Waals surface area (Å²) in [6.45, 7) is 11.3. The summed E-state index contributed by atoms with van der Waals surface area (Å²) in [5.74, 6) is 1.62. The van der Waals surface area contributed by atoms with E-state index in [1.54, 1.807) is 0 Å². The lowest BCUT2D eigenvalue weighted by Crippen LogP contribution is -2.16. The molecule has 0 fully saturated rings. The summed E-state index contributed by atoms with van der Waals surface area (Å²) in [5.41, 5.74) is 0. The molecule has 2 unspecified atom stereocenters. The van der Waals surface area contributed by atoms with Gasteiger partial charge in [0.1, 0.15) is 0 Å². The van der Waals surface area contributed by atoms with E-state index in [4.69, 9.17) is 24.0 Å². The van der Waals surface area contributed by atoms with Gasteiger partial charge in [0.2, 0.25) is 0 Å². The Bertz CT molecular complexity index is 340. The van der Waals surface area contributed by atoms with Crippen molar-refractivity contribution < 1.29 is 24.0 Å². The first-order valence-electron chi connectivity index (χ1n) is 12.6. The summed E-state index contributed by atoms with van der Waals surface area (Å²) in [6, 6.07) is 0. The summed E-state index contributed by atoms with van der Waals surface area (Å²) < 4.78 is 15.1. The maximum atomic E-state index is 8.88. The fraction of sp³-hybridized carbons (Fsp3) is 1.00. The number of ether oxygens (including phenoxy) is 1. The number of phosphoric acid groups is 1. The van der Waals surface area contributed by atoms with E-state index in [0.717, 1.165) is 25.0 Å². The Morgan fingerprint density at radius 3 is 1.17 bits per heavy atom. The largest absolute Gasteiger partial charge is 0.466 e. The summed E-state index contributed by atoms with van der Waals surface area (Å²) in [7, 11) is -4.64. The predicted octanol–water partition coefficient (Wildman–Crippen LogP) is 7.63. The molecule has 5 nitrogen and oxygen atoms in total. The molecule has 0 heterocycles. The Labute approximate surface area is 187 Å². The lowest BCUT2D eigenvalue weighted by molar-refractivity contribution is 0.0590. The van der Waals surface area contributed by atoms with Gasteiger partial charge in [-0.05, 0) is 37.5 Å². The van der Waals surface area contributed by atoms with Crippen molar-refractivity contribution in [1.29, 1.82) is 0 Å². The zero-order chi connectivity index (χ0) is 23.1. The molecule has 0 amide bonds. The van der Waals surface area contributed by atoms with Crippen LogP contribution >= 0.6 is 7.82 Å². The molecule has 6 heteroatoms. The van der Waals surface area contributed by atoms with Gasteiger partial charge in [0.25, 0.3) is 0 Å². The second kappa shape index (κ2) is 23.7. The van der Waals surface area contributed by atoms with Gasteiger partial charge in [-0.1, -0.05) is 105 Å². The van der Waals surface area contributed by atoms with Gasteiger partial charge < -0.3 is 19.4 Å². The van der Waals surface area contributed by atoms with Gasteiger partial charge in [0.05, 0.1) is 0 Å². The first kappa shape index (κ1) is 32.3. The molecule has 0 radical (unpaired) electrons. The number of rotatable bonds is 20. The second-order valence-electron chi connectivity index (χ2n) is 8.77. The molecular weight excluding hydrogens is 399 g/mol. The molecule has 184 valence electrons. The summed E-state index contributed by atoms with van der Waals surface area (Å²) in [4.78, 5) is 21.6. The van der Waals surface area contributed by atoms with E-state index in [2.05, 4.69) is 27.7 Å². The molecule has 30 heavy (non-hydrogen) atoms. The van der Waals surface area contributed by atoms with Gasteiger partial charge in [-0.3, -0.25) is 0 Å². The molecule has 2 atom stereocenters. The summed E-state index contributed by atoms with van der Waals surface area (Å²) in [5, 5.41) is 0. The van der Waals surface area contributed by atoms with Crippen LogP contribution in [-0.2, 0) is 9.30 Å². The van der Waals surface area contributed by atoms with E-state index < -0.39 is 7.82 Å². The van der Waals surface area contributed by atoms with Gasteiger partial charge >= 0.3 is 7.82 Å². The smallest absolute Gasteiger partial charge is 0.381 e. The minimum atomic E-state index is -4.64. The average Bonchev–Trinajstić information content (AvgIpc) is 2.68. The minimum Gasteiger partial charge on any atom is -0.381 e. The van der Waals surface area contributed by atoms with Crippen LogP contribution in [-0.4, -0.2) is 27.9 Å². The van der Waals surface area contributed by atoms with Crippen molar-refractivity contribution in [1.82, 2.24) is 0 Å². The summed E-state index contributed by atoms with van der Waals surface area (Å²) >= 11 is 0. The van der Waals surface area contributed by atoms with Crippen molar-refractivity contribution in [2.45, 2.75) is 130 Å². The highest BCUT2D eigenvalue weighted by atomic mass is 31.2. The highest BCUT2D eigenvalue weighted by molar-refractivity contribution is 7.45. The zero-order valence-electron chi connectivity index (χ0n) is 20.5. The molecule has 0 aliphatic rings. The standard InChI is InChI=1S/C24H50O.H3O4P/c1-5-9-13-15-19-23(17-11-7-3)21-25-22-24(18-12-8-4)20-16-14-10-6-2;1-5(2,3)4/h23-24H,5-22H2,1-4H3;(H3,1,2,3,4). The molecule has 0 aromatic carbocycles. The van der Waals surface area contributed by atoms with Crippen LogP contribution in [0.5, 0.6) is 0 Å². The first-order chi connectivity index (χ1) is 14.3. The molecule has 0 spiro atoms. The van der Waals surface area contributed by atoms with Crippen molar-refractivity contribution in [3.63, 3.8) is 0 Å². The van der Waals surface area contributed by atoms with Crippen LogP contribution in [0.3, 0.4) is 0 Å². The molecule has 0 aromatic rings. The highest BCUT2D eigenvalue weighted by Crippen LogP contribution is 2.26. The highest BCUT2D eigenvalue weighted by Gasteiger charge is 2.12. The van der Waals surface area contributed by atoms with Crippen molar-refractivity contribution in [2.75, 3.05) is 13.2 Å². The van der Waals surface area contributed by atoms with E-state index in [1.807, 2.05) is 0 Å². The first-order valence-corrected chi connectivity index (χ1v) is 14.2. The fourth-order valence-corrected chi connectivity index (χ4v) is 3.73.